The normalized spacial score (nSPS) is 1.80. The second-order valence-electron chi connectivity index (χ2n) is 0.0745. The zero-order valence-electron chi connectivity index (χ0n) is 2.10. The monoisotopic (exact) mass is 191 g/mol. The van der Waals surface area contributed by atoms with E-state index in [-0.39, 0.29) is 38.2 Å². The molecule has 0 saturated carbocycles. The number of rotatable bonds is 0. The molecule has 0 radical (unpaired) electrons. The molecule has 0 bridgehead atoms. The van der Waals surface area contributed by atoms with Crippen molar-refractivity contribution in [3.8, 4) is 5.00 Å². The average molecular weight is 192 g/mol. The Bertz CT molecular complexity index is 33.1. The van der Waals surface area contributed by atoms with Gasteiger partial charge in [-0.1, -0.05) is 0 Å². The van der Waals surface area contributed by atoms with Gasteiger partial charge in [-0.25, -0.2) is 0 Å². The van der Waals surface area contributed by atoms with Gasteiger partial charge in [0.2, 0.25) is 0 Å². The molecule has 0 aliphatic carbocycles. The van der Waals surface area contributed by atoms with Crippen LogP contribution in [0.15, 0.2) is 0 Å². The van der Waals surface area contributed by atoms with Gasteiger partial charge < -0.3 is 0 Å². The van der Waals surface area contributed by atoms with Crippen LogP contribution >= 0.6 is 0 Å². The van der Waals surface area contributed by atoms with Crippen molar-refractivity contribution < 1.29 is 53.9 Å². The summed E-state index contributed by atoms with van der Waals surface area (Å²) in [5.74, 6) is 0. The zero-order valence-corrected chi connectivity index (χ0v) is 5.69. The van der Waals surface area contributed by atoms with E-state index in [4.69, 9.17) is 5.26 Å². The molecule has 5 heavy (non-hydrogen) atoms. The molecule has 0 aromatic carbocycles. The van der Waals surface area contributed by atoms with Crippen molar-refractivity contribution >= 4 is 0 Å². The average Bonchev–Trinajstić information content (AvgIpc) is 0.918. The second-order valence-corrected chi connectivity index (χ2v) is 0.307. The summed E-state index contributed by atoms with van der Waals surface area (Å²) in [4.78, 5) is 0. The summed E-state index contributed by atoms with van der Waals surface area (Å²) < 4.78 is 0. The maximum absolute atomic E-state index is 7.18. The van der Waals surface area contributed by atoms with Crippen LogP contribution in [-0.2, 0) is 53.9 Å². The van der Waals surface area contributed by atoms with Gasteiger partial charge >= 0.3 is 26.0 Å². The first-order chi connectivity index (χ1) is 1.41. The van der Waals surface area contributed by atoms with E-state index < -0.39 is 0 Å². The standard InChI is InChI=1S/CN.Co.Ni.Ti/c1-2;;;. The van der Waals surface area contributed by atoms with Gasteiger partial charge in [0.25, 0.3) is 0 Å². The molecule has 0 fully saturated rings. The van der Waals surface area contributed by atoms with Crippen molar-refractivity contribution in [2.24, 2.45) is 0 Å². The summed E-state index contributed by atoms with van der Waals surface area (Å²) >= 11 is 3.13. The van der Waals surface area contributed by atoms with Crippen LogP contribution in [-0.4, -0.2) is 0 Å². The van der Waals surface area contributed by atoms with Gasteiger partial charge in [0.15, 0.2) is 0 Å². The SMILES string of the molecule is N#[C][Co].[Ni].[Ti]. The number of hydrogen-bond acceptors (Lipinski definition) is 1. The third-order valence-corrected chi connectivity index (χ3v) is 0. The van der Waals surface area contributed by atoms with E-state index in [0.717, 1.165) is 0 Å². The zero-order chi connectivity index (χ0) is 2.71. The van der Waals surface area contributed by atoms with Crippen molar-refractivity contribution in [3.63, 3.8) is 0 Å². The Morgan fingerprint density at radius 2 is 1.60 bits per heavy atom. The van der Waals surface area contributed by atoms with E-state index in [2.05, 4.69) is 15.7 Å². The summed E-state index contributed by atoms with van der Waals surface area (Å²) in [5, 5.41) is 8.62. The molecule has 0 N–H and O–H groups in total. The molecule has 0 rings (SSSR count). The molecule has 32 valence electrons. The van der Waals surface area contributed by atoms with E-state index in [1.54, 1.807) is 0 Å². The molecule has 1 nitrogen and oxygen atoms in total. The Morgan fingerprint density at radius 3 is 1.60 bits per heavy atom. The Hall–Kier alpha value is 1.20. The summed E-state index contributed by atoms with van der Waals surface area (Å²) in [6, 6.07) is 0. The minimum absolute atomic E-state index is 0. The molecule has 0 aliphatic heterocycles. The van der Waals surface area contributed by atoms with Gasteiger partial charge in [0, 0.05) is 38.2 Å². The Morgan fingerprint density at radius 1 is 1.60 bits per heavy atom. The van der Waals surface area contributed by atoms with Crippen molar-refractivity contribution in [2.75, 3.05) is 0 Å². The molecule has 0 saturated heterocycles. The molecular formula is CCoNNiTi. The fourth-order valence-electron chi connectivity index (χ4n) is 0. The fraction of sp³-hybridized carbons (Fsp3) is 0. The Labute approximate surface area is 63.9 Å². The van der Waals surface area contributed by atoms with E-state index in [1.807, 2.05) is 0 Å². The van der Waals surface area contributed by atoms with Crippen LogP contribution < -0.4 is 0 Å². The van der Waals surface area contributed by atoms with Gasteiger partial charge in [-0.15, -0.1) is 0 Å². The third kappa shape index (κ3) is 36.8. The molecular weight excluding hydrogens is 192 g/mol. The van der Waals surface area contributed by atoms with Crippen LogP contribution in [0, 0.1) is 10.3 Å². The molecule has 0 spiro atoms. The fourth-order valence-corrected chi connectivity index (χ4v) is 0. The minimum atomic E-state index is 0. The van der Waals surface area contributed by atoms with E-state index in [1.165, 1.54) is 5.00 Å². The van der Waals surface area contributed by atoms with E-state index in [9.17, 15) is 0 Å². The van der Waals surface area contributed by atoms with Crippen LogP contribution in [0.5, 0.6) is 0 Å². The van der Waals surface area contributed by atoms with Gasteiger partial charge in [-0.2, -0.15) is 0 Å². The maximum atomic E-state index is 7.18. The molecule has 0 atom stereocenters. The van der Waals surface area contributed by atoms with Crippen molar-refractivity contribution in [3.05, 3.63) is 0 Å². The number of nitriles is 1. The summed E-state index contributed by atoms with van der Waals surface area (Å²) in [5.41, 5.74) is 0. The molecule has 0 unspecified atom stereocenters. The second kappa shape index (κ2) is 18.9. The smallest absolute Gasteiger partial charge is 0 e. The minimum Gasteiger partial charge on any atom is 0 e. The first kappa shape index (κ1) is 16.4. The van der Waals surface area contributed by atoms with Crippen molar-refractivity contribution in [1.82, 2.24) is 0 Å². The maximum Gasteiger partial charge on any atom is 0 e. The largest absolute Gasteiger partial charge is 0 e. The molecule has 0 aromatic rings. The molecule has 0 heterocycles. The Kier molecular flexibility index (Phi) is 62.0. The van der Waals surface area contributed by atoms with Crippen molar-refractivity contribution in [1.29, 1.82) is 5.26 Å². The van der Waals surface area contributed by atoms with Crippen LogP contribution in [0.4, 0.5) is 0 Å². The topological polar surface area (TPSA) is 23.8 Å². The van der Waals surface area contributed by atoms with Crippen molar-refractivity contribution in [2.45, 2.75) is 0 Å². The quantitative estimate of drug-likeness (QED) is 0.495. The molecule has 0 amide bonds. The first-order valence-corrected chi connectivity index (χ1v) is 0.911. The van der Waals surface area contributed by atoms with Gasteiger partial charge in [-0.3, -0.25) is 0 Å². The predicted octanol–water partition coefficient (Wildman–Crippen LogP) is 0.00928. The molecule has 4 heteroatoms. The summed E-state index contributed by atoms with van der Waals surface area (Å²) in [6.07, 6.45) is 0. The summed E-state index contributed by atoms with van der Waals surface area (Å²) in [7, 11) is 0. The molecule has 0 aliphatic rings. The first-order valence-electron chi connectivity index (χ1n) is 0.390. The Balaban J connectivity index is -0.0000000200. The summed E-state index contributed by atoms with van der Waals surface area (Å²) in [6.45, 7) is 0. The van der Waals surface area contributed by atoms with Crippen LogP contribution in [0.25, 0.3) is 0 Å². The van der Waals surface area contributed by atoms with E-state index in [0.29, 0.717) is 0 Å². The van der Waals surface area contributed by atoms with Gasteiger partial charge in [0.1, 0.15) is 0 Å². The predicted molar refractivity (Wildman–Crippen MR) is 5.61 cm³/mol. The van der Waals surface area contributed by atoms with Gasteiger partial charge in [-0.05, 0) is 0 Å². The third-order valence-electron chi connectivity index (χ3n) is 0. The van der Waals surface area contributed by atoms with Gasteiger partial charge in [0.05, 0.1) is 0 Å². The van der Waals surface area contributed by atoms with Crippen LogP contribution in [0.1, 0.15) is 0 Å². The molecule has 0 aromatic heterocycles. The number of nitrogens with zero attached hydrogens (tertiary/aromatic N) is 1. The van der Waals surface area contributed by atoms with Crippen LogP contribution in [0.3, 0.4) is 0 Å². The van der Waals surface area contributed by atoms with E-state index >= 15 is 0 Å². The number of hydrogen-bond donors (Lipinski definition) is 0. The van der Waals surface area contributed by atoms with Crippen LogP contribution in [0.2, 0.25) is 0 Å².